The average molecular weight is 296 g/mol. The molecule has 0 heterocycles. The number of unbranched alkanes of at least 4 members (excludes halogenated alkanes) is 5. The van der Waals surface area contributed by atoms with Crippen molar-refractivity contribution in [3.05, 3.63) is 0 Å². The van der Waals surface area contributed by atoms with Gasteiger partial charge in [0.25, 0.3) is 0 Å². The molecular formula is C17H33N2P. The summed E-state index contributed by atoms with van der Waals surface area (Å²) < 4.78 is 0. The lowest BCUT2D eigenvalue weighted by Gasteiger charge is -2.24. The van der Waals surface area contributed by atoms with Gasteiger partial charge in [0.05, 0.1) is 5.81 Å². The van der Waals surface area contributed by atoms with E-state index >= 15 is 0 Å². The van der Waals surface area contributed by atoms with E-state index in [4.69, 9.17) is 11.0 Å². The van der Waals surface area contributed by atoms with Gasteiger partial charge in [0.15, 0.2) is 0 Å². The molecule has 5 atom stereocenters. The Morgan fingerprint density at radius 3 is 2.45 bits per heavy atom. The first-order valence-electron chi connectivity index (χ1n) is 8.62. The van der Waals surface area contributed by atoms with Crippen LogP contribution in [0.15, 0.2) is 0 Å². The molecule has 0 aromatic rings. The molecule has 0 spiro atoms. The Labute approximate surface area is 127 Å². The van der Waals surface area contributed by atoms with Crippen molar-refractivity contribution in [3.63, 3.8) is 0 Å². The molecular weight excluding hydrogens is 263 g/mol. The van der Waals surface area contributed by atoms with Crippen LogP contribution in [-0.4, -0.2) is 12.2 Å². The normalized spacial score (nSPS) is 30.1. The summed E-state index contributed by atoms with van der Waals surface area (Å²) >= 11 is 0. The second-order valence-corrected chi connectivity index (χ2v) is 7.43. The molecule has 1 fully saturated rings. The van der Waals surface area contributed by atoms with E-state index in [1.54, 1.807) is 0 Å². The zero-order valence-electron chi connectivity index (χ0n) is 13.4. The number of nitrogens with zero attached hydrogens (tertiary/aromatic N) is 1. The van der Waals surface area contributed by atoms with E-state index in [1.807, 2.05) is 0 Å². The quantitative estimate of drug-likeness (QED) is 0.461. The van der Waals surface area contributed by atoms with Gasteiger partial charge >= 0.3 is 0 Å². The van der Waals surface area contributed by atoms with Crippen molar-refractivity contribution >= 4 is 8.58 Å². The van der Waals surface area contributed by atoms with Gasteiger partial charge in [-0.2, -0.15) is 5.26 Å². The van der Waals surface area contributed by atoms with Crippen LogP contribution in [0, 0.1) is 28.8 Å². The van der Waals surface area contributed by atoms with Gasteiger partial charge < -0.3 is 5.73 Å². The molecule has 0 aromatic carbocycles. The molecule has 0 aliphatic heterocycles. The van der Waals surface area contributed by atoms with Gasteiger partial charge in [0.2, 0.25) is 0 Å². The molecule has 0 radical (unpaired) electrons. The highest BCUT2D eigenvalue weighted by atomic mass is 31.1. The Hall–Kier alpha value is -0.120. The van der Waals surface area contributed by atoms with E-state index in [0.717, 1.165) is 18.0 Å². The van der Waals surface area contributed by atoms with Gasteiger partial charge in [-0.15, -0.1) is 0 Å². The van der Waals surface area contributed by atoms with Crippen molar-refractivity contribution in [2.24, 2.45) is 23.5 Å². The number of nitrogens with two attached hydrogens (primary N) is 1. The third-order valence-corrected chi connectivity index (χ3v) is 5.95. The highest BCUT2D eigenvalue weighted by Crippen LogP contribution is 2.43. The first-order chi connectivity index (χ1) is 9.74. The SMILES string of the molecule is CCCCCCCCC1C(N)CC(CC)C1CPC#N. The van der Waals surface area contributed by atoms with Crippen LogP contribution < -0.4 is 5.73 Å². The molecule has 2 nitrogen and oxygen atoms in total. The lowest BCUT2D eigenvalue weighted by atomic mass is 9.85. The maximum atomic E-state index is 8.87. The number of rotatable bonds is 10. The largest absolute Gasteiger partial charge is 0.327 e. The molecule has 1 rings (SSSR count). The van der Waals surface area contributed by atoms with Crippen molar-refractivity contribution in [3.8, 4) is 5.81 Å². The molecule has 1 saturated carbocycles. The van der Waals surface area contributed by atoms with Crippen LogP contribution in [0.25, 0.3) is 0 Å². The van der Waals surface area contributed by atoms with E-state index in [1.165, 1.54) is 57.8 Å². The van der Waals surface area contributed by atoms with Crippen LogP contribution >= 0.6 is 8.58 Å². The maximum absolute atomic E-state index is 8.87. The minimum absolute atomic E-state index is 0.393. The van der Waals surface area contributed by atoms with Crippen molar-refractivity contribution in [1.29, 1.82) is 5.26 Å². The molecule has 0 amide bonds. The fourth-order valence-corrected chi connectivity index (χ4v) is 4.87. The van der Waals surface area contributed by atoms with E-state index in [-0.39, 0.29) is 0 Å². The van der Waals surface area contributed by atoms with Gasteiger partial charge in [0.1, 0.15) is 0 Å². The number of hydrogen-bond acceptors (Lipinski definition) is 2. The molecule has 5 unspecified atom stereocenters. The second-order valence-electron chi connectivity index (χ2n) is 6.44. The Bertz CT molecular complexity index is 287. The van der Waals surface area contributed by atoms with Crippen LogP contribution in [0.3, 0.4) is 0 Å². The monoisotopic (exact) mass is 296 g/mol. The van der Waals surface area contributed by atoms with Gasteiger partial charge in [0, 0.05) is 6.04 Å². The highest BCUT2D eigenvalue weighted by molar-refractivity contribution is 7.43. The Balaban J connectivity index is 2.34. The topological polar surface area (TPSA) is 49.8 Å². The lowest BCUT2D eigenvalue weighted by molar-refractivity contribution is 0.305. The standard InChI is InChI=1S/C17H33N2P/c1-3-5-6-7-8-9-10-15-16(12-20-13-18)14(4-2)11-17(15)19/h14-17,20H,3-12,19H2,1-2H3. The van der Waals surface area contributed by atoms with Crippen LogP contribution in [-0.2, 0) is 0 Å². The smallest absolute Gasteiger partial charge is 0.0838 e. The Morgan fingerprint density at radius 1 is 1.10 bits per heavy atom. The predicted octanol–water partition coefficient (Wildman–Crippen LogP) is 4.89. The summed E-state index contributed by atoms with van der Waals surface area (Å²) in [6.45, 7) is 4.55. The summed E-state index contributed by atoms with van der Waals surface area (Å²) in [6, 6.07) is 0.393. The summed E-state index contributed by atoms with van der Waals surface area (Å²) in [5, 5.41) is 8.87. The first kappa shape index (κ1) is 17.9. The van der Waals surface area contributed by atoms with Gasteiger partial charge in [-0.1, -0.05) is 58.8 Å². The average Bonchev–Trinajstić information content (AvgIpc) is 2.76. The molecule has 0 aromatic heterocycles. The number of hydrogen-bond donors (Lipinski definition) is 1. The Morgan fingerprint density at radius 2 is 1.80 bits per heavy atom. The minimum atomic E-state index is 0.393. The summed E-state index contributed by atoms with van der Waals surface area (Å²) in [5.74, 6) is 4.54. The second kappa shape index (κ2) is 10.6. The first-order valence-corrected chi connectivity index (χ1v) is 9.82. The predicted molar refractivity (Wildman–Crippen MR) is 90.1 cm³/mol. The van der Waals surface area contributed by atoms with E-state index in [9.17, 15) is 0 Å². The molecule has 20 heavy (non-hydrogen) atoms. The maximum Gasteiger partial charge on any atom is 0.0838 e. The van der Waals surface area contributed by atoms with Gasteiger partial charge in [-0.3, -0.25) is 0 Å². The fraction of sp³-hybridized carbons (Fsp3) is 0.941. The van der Waals surface area contributed by atoms with Crippen LogP contribution in [0.1, 0.15) is 71.6 Å². The lowest BCUT2D eigenvalue weighted by Crippen LogP contribution is -2.28. The zero-order chi connectivity index (χ0) is 14.8. The van der Waals surface area contributed by atoms with Crippen LogP contribution in [0.2, 0.25) is 0 Å². The van der Waals surface area contributed by atoms with Crippen molar-refractivity contribution < 1.29 is 0 Å². The Kier molecular flexibility index (Phi) is 9.49. The van der Waals surface area contributed by atoms with Crippen LogP contribution in [0.4, 0.5) is 0 Å². The zero-order valence-corrected chi connectivity index (χ0v) is 14.4. The van der Waals surface area contributed by atoms with Gasteiger partial charge in [-0.25, -0.2) is 0 Å². The summed E-state index contributed by atoms with van der Waals surface area (Å²) in [4.78, 5) is 0. The van der Waals surface area contributed by atoms with E-state index in [0.29, 0.717) is 20.5 Å². The third kappa shape index (κ3) is 5.71. The number of nitriles is 1. The molecule has 0 saturated heterocycles. The highest BCUT2D eigenvalue weighted by Gasteiger charge is 2.39. The molecule has 0 bridgehead atoms. The molecule has 116 valence electrons. The fourth-order valence-electron chi connectivity index (χ4n) is 3.91. The molecule has 1 aliphatic rings. The van der Waals surface area contributed by atoms with Gasteiger partial charge in [-0.05, 0) is 45.3 Å². The minimum Gasteiger partial charge on any atom is -0.327 e. The molecule has 2 N–H and O–H groups in total. The van der Waals surface area contributed by atoms with Crippen molar-refractivity contribution in [1.82, 2.24) is 0 Å². The molecule has 3 heteroatoms. The summed E-state index contributed by atoms with van der Waals surface area (Å²) in [5.41, 5.74) is 6.39. The van der Waals surface area contributed by atoms with Crippen molar-refractivity contribution in [2.45, 2.75) is 77.7 Å². The summed E-state index contributed by atoms with van der Waals surface area (Å²) in [6.07, 6.45) is 13.0. The third-order valence-electron chi connectivity index (χ3n) is 5.11. The van der Waals surface area contributed by atoms with Crippen molar-refractivity contribution in [2.75, 3.05) is 6.16 Å². The molecule has 1 aliphatic carbocycles. The summed E-state index contributed by atoms with van der Waals surface area (Å²) in [7, 11) is 0.469. The van der Waals surface area contributed by atoms with E-state index in [2.05, 4.69) is 19.7 Å². The van der Waals surface area contributed by atoms with E-state index < -0.39 is 0 Å². The van der Waals surface area contributed by atoms with Crippen LogP contribution in [0.5, 0.6) is 0 Å².